The molecule has 0 aromatic heterocycles. The van der Waals surface area contributed by atoms with E-state index in [0.29, 0.717) is 17.2 Å². The van der Waals surface area contributed by atoms with Crippen molar-refractivity contribution in [2.24, 2.45) is 0 Å². The number of halogens is 1. The van der Waals surface area contributed by atoms with Gasteiger partial charge in [-0.2, -0.15) is 0 Å². The Morgan fingerprint density at radius 3 is 2.48 bits per heavy atom. The van der Waals surface area contributed by atoms with Gasteiger partial charge >= 0.3 is 5.97 Å². The molecule has 11 heteroatoms. The number of ether oxygens (including phenoxy) is 3. The van der Waals surface area contributed by atoms with Crippen LogP contribution in [0.4, 0.5) is 15.8 Å². The number of nitrogens with one attached hydrogen (secondary N) is 2. The van der Waals surface area contributed by atoms with Gasteiger partial charge in [0, 0.05) is 11.8 Å². The minimum absolute atomic E-state index is 0.0528. The molecule has 0 unspecified atom stereocenters. The van der Waals surface area contributed by atoms with Gasteiger partial charge in [-0.05, 0) is 48.5 Å². The van der Waals surface area contributed by atoms with E-state index in [1.165, 1.54) is 24.3 Å². The molecule has 3 aromatic rings. The first-order valence-corrected chi connectivity index (χ1v) is 11.0. The number of carbonyl (C=O) groups excluding carboxylic acids is 2. The Morgan fingerprint density at radius 2 is 1.70 bits per heavy atom. The second kappa shape index (κ2) is 9.17. The molecule has 4 rings (SSSR count). The third-order valence-electron chi connectivity index (χ3n) is 4.51. The maximum absolute atomic E-state index is 13.1. The number of carbonyl (C=O) groups is 2. The SMILES string of the molecule is O=C(COC(=O)c1ccccc1NS(=O)(=O)c1ccc(F)cc1)Nc1ccc2c(c1)OCO2. The molecule has 1 aliphatic rings. The molecule has 9 nitrogen and oxygen atoms in total. The summed E-state index contributed by atoms with van der Waals surface area (Å²) in [6.07, 6.45) is 0. The van der Waals surface area contributed by atoms with Crippen molar-refractivity contribution in [3.05, 3.63) is 78.1 Å². The van der Waals surface area contributed by atoms with Crippen LogP contribution in [0.25, 0.3) is 0 Å². The molecule has 3 aromatic carbocycles. The minimum Gasteiger partial charge on any atom is -0.454 e. The predicted molar refractivity (Wildman–Crippen MR) is 115 cm³/mol. The first-order valence-electron chi connectivity index (χ1n) is 9.56. The number of sulfonamides is 1. The summed E-state index contributed by atoms with van der Waals surface area (Å²) in [6, 6.07) is 14.8. The Hall–Kier alpha value is -4.12. The summed E-state index contributed by atoms with van der Waals surface area (Å²) in [5, 5.41) is 2.56. The quantitative estimate of drug-likeness (QED) is 0.507. The molecule has 0 spiro atoms. The molecule has 1 amide bonds. The average molecular weight is 472 g/mol. The summed E-state index contributed by atoms with van der Waals surface area (Å²) < 4.78 is 56.0. The van der Waals surface area contributed by atoms with Gasteiger partial charge in [0.2, 0.25) is 6.79 Å². The first-order chi connectivity index (χ1) is 15.8. The van der Waals surface area contributed by atoms with Gasteiger partial charge in [-0.3, -0.25) is 9.52 Å². The molecule has 0 aliphatic carbocycles. The summed E-state index contributed by atoms with van der Waals surface area (Å²) in [7, 11) is -4.09. The smallest absolute Gasteiger partial charge is 0.340 e. The lowest BCUT2D eigenvalue weighted by Crippen LogP contribution is -2.22. The monoisotopic (exact) mass is 472 g/mol. The van der Waals surface area contributed by atoms with E-state index >= 15 is 0 Å². The number of anilines is 2. The molecule has 33 heavy (non-hydrogen) atoms. The summed E-state index contributed by atoms with van der Waals surface area (Å²) >= 11 is 0. The van der Waals surface area contributed by atoms with Crippen molar-refractivity contribution in [1.82, 2.24) is 0 Å². The highest BCUT2D eigenvalue weighted by Gasteiger charge is 2.20. The standard InChI is InChI=1S/C22H17FN2O7S/c23-14-5-8-16(9-6-14)33(28,29)25-18-4-2-1-3-17(18)22(27)30-12-21(26)24-15-7-10-19-20(11-15)32-13-31-19/h1-11,25H,12-13H2,(H,24,26). The Labute approximate surface area is 188 Å². The van der Waals surface area contributed by atoms with Gasteiger partial charge in [-0.1, -0.05) is 12.1 Å². The van der Waals surface area contributed by atoms with Crippen LogP contribution in [0.2, 0.25) is 0 Å². The van der Waals surface area contributed by atoms with Crippen LogP contribution in [0.3, 0.4) is 0 Å². The fraction of sp³-hybridized carbons (Fsp3) is 0.0909. The van der Waals surface area contributed by atoms with Gasteiger partial charge in [0.25, 0.3) is 15.9 Å². The molecule has 0 radical (unpaired) electrons. The molecular formula is C22H17FN2O7S. The minimum atomic E-state index is -4.09. The highest BCUT2D eigenvalue weighted by Crippen LogP contribution is 2.34. The van der Waals surface area contributed by atoms with Crippen molar-refractivity contribution in [2.75, 3.05) is 23.4 Å². The van der Waals surface area contributed by atoms with E-state index in [1.54, 1.807) is 18.2 Å². The van der Waals surface area contributed by atoms with Crippen molar-refractivity contribution < 1.29 is 36.6 Å². The maximum Gasteiger partial charge on any atom is 0.340 e. The van der Waals surface area contributed by atoms with Gasteiger partial charge in [0.1, 0.15) is 5.82 Å². The van der Waals surface area contributed by atoms with Crippen LogP contribution in [0.1, 0.15) is 10.4 Å². The van der Waals surface area contributed by atoms with Crippen LogP contribution in [0.15, 0.2) is 71.6 Å². The Balaban J connectivity index is 1.40. The molecule has 170 valence electrons. The first kappa shape index (κ1) is 22.1. The second-order valence-electron chi connectivity index (χ2n) is 6.80. The van der Waals surface area contributed by atoms with Crippen molar-refractivity contribution in [3.8, 4) is 11.5 Å². The van der Waals surface area contributed by atoms with E-state index in [4.69, 9.17) is 14.2 Å². The van der Waals surface area contributed by atoms with Crippen LogP contribution in [-0.4, -0.2) is 33.7 Å². The van der Waals surface area contributed by atoms with Crippen molar-refractivity contribution >= 4 is 33.3 Å². The van der Waals surface area contributed by atoms with E-state index in [0.717, 1.165) is 24.3 Å². The zero-order valence-corrected chi connectivity index (χ0v) is 17.7. The Kier molecular flexibility index (Phi) is 6.13. The normalized spacial score (nSPS) is 12.2. The maximum atomic E-state index is 13.1. The average Bonchev–Trinajstić information content (AvgIpc) is 3.26. The van der Waals surface area contributed by atoms with Crippen LogP contribution in [0, 0.1) is 5.82 Å². The highest BCUT2D eigenvalue weighted by atomic mass is 32.2. The molecule has 0 fully saturated rings. The number of amides is 1. The topological polar surface area (TPSA) is 120 Å². The predicted octanol–water partition coefficient (Wildman–Crippen LogP) is 3.15. The van der Waals surface area contributed by atoms with E-state index in [2.05, 4.69) is 10.0 Å². The van der Waals surface area contributed by atoms with Gasteiger partial charge in [-0.25, -0.2) is 17.6 Å². The number of rotatable bonds is 7. The third kappa shape index (κ3) is 5.21. The zero-order chi connectivity index (χ0) is 23.4. The molecule has 0 saturated heterocycles. The van der Waals surface area contributed by atoms with Crippen LogP contribution in [-0.2, 0) is 19.6 Å². The molecule has 1 aliphatic heterocycles. The summed E-state index contributed by atoms with van der Waals surface area (Å²) in [4.78, 5) is 24.5. The summed E-state index contributed by atoms with van der Waals surface area (Å²) in [6.45, 7) is -0.513. The van der Waals surface area contributed by atoms with Crippen LogP contribution < -0.4 is 19.5 Å². The van der Waals surface area contributed by atoms with Gasteiger partial charge in [0.05, 0.1) is 16.1 Å². The zero-order valence-electron chi connectivity index (χ0n) is 16.9. The second-order valence-corrected chi connectivity index (χ2v) is 8.48. The molecule has 0 bridgehead atoms. The number of hydrogen-bond donors (Lipinski definition) is 2. The van der Waals surface area contributed by atoms with Crippen molar-refractivity contribution in [3.63, 3.8) is 0 Å². The fourth-order valence-electron chi connectivity index (χ4n) is 2.95. The van der Waals surface area contributed by atoms with Crippen LogP contribution >= 0.6 is 0 Å². The molecular weight excluding hydrogens is 455 g/mol. The van der Waals surface area contributed by atoms with Gasteiger partial charge in [0.15, 0.2) is 18.1 Å². The number of hydrogen-bond acceptors (Lipinski definition) is 7. The molecule has 0 saturated carbocycles. The van der Waals surface area contributed by atoms with E-state index in [1.807, 2.05) is 0 Å². The van der Waals surface area contributed by atoms with Crippen molar-refractivity contribution in [2.45, 2.75) is 4.90 Å². The lowest BCUT2D eigenvalue weighted by atomic mass is 10.2. The lowest BCUT2D eigenvalue weighted by Gasteiger charge is -2.12. The van der Waals surface area contributed by atoms with E-state index < -0.39 is 34.3 Å². The molecule has 0 atom stereocenters. The Morgan fingerprint density at radius 1 is 0.970 bits per heavy atom. The fourth-order valence-corrected chi connectivity index (χ4v) is 4.03. The van der Waals surface area contributed by atoms with Gasteiger partial charge < -0.3 is 19.5 Å². The highest BCUT2D eigenvalue weighted by molar-refractivity contribution is 7.92. The third-order valence-corrected chi connectivity index (χ3v) is 5.89. The number of benzene rings is 3. The number of para-hydroxylation sites is 1. The number of fused-ring (bicyclic) bond motifs is 1. The van der Waals surface area contributed by atoms with Gasteiger partial charge in [-0.15, -0.1) is 0 Å². The number of esters is 1. The summed E-state index contributed by atoms with van der Waals surface area (Å²) in [5.41, 5.74) is 0.273. The summed E-state index contributed by atoms with van der Waals surface area (Å²) in [5.74, 6) is -1.07. The largest absolute Gasteiger partial charge is 0.454 e. The van der Waals surface area contributed by atoms with E-state index in [9.17, 15) is 22.4 Å². The molecule has 2 N–H and O–H groups in total. The van der Waals surface area contributed by atoms with E-state index in [-0.39, 0.29) is 22.9 Å². The van der Waals surface area contributed by atoms with Crippen LogP contribution in [0.5, 0.6) is 11.5 Å². The van der Waals surface area contributed by atoms with Crippen molar-refractivity contribution in [1.29, 1.82) is 0 Å². The Bertz CT molecular complexity index is 1310. The molecule has 1 heterocycles. The lowest BCUT2D eigenvalue weighted by molar-refractivity contribution is -0.119.